The van der Waals surface area contributed by atoms with Gasteiger partial charge in [-0.2, -0.15) is 4.36 Å². The summed E-state index contributed by atoms with van der Waals surface area (Å²) < 4.78 is 29.0. The van der Waals surface area contributed by atoms with E-state index in [4.69, 9.17) is 0 Å². The van der Waals surface area contributed by atoms with Gasteiger partial charge < -0.3 is 0 Å². The van der Waals surface area contributed by atoms with Gasteiger partial charge in [0.05, 0.1) is 21.2 Å². The van der Waals surface area contributed by atoms with Gasteiger partial charge in [0.15, 0.2) is 0 Å². The standard InChI is InChI=1S/C10H10FNOS/c1-3-8-9(11)5-4-7-6-14(2,13)12-10(7)8/h3-5H,1,6H2,2H3. The average Bonchev–Trinajstić information content (AvgIpc) is 2.39. The van der Waals surface area contributed by atoms with Crippen molar-refractivity contribution < 1.29 is 8.60 Å². The Morgan fingerprint density at radius 3 is 3.00 bits per heavy atom. The van der Waals surface area contributed by atoms with E-state index in [2.05, 4.69) is 10.9 Å². The molecule has 0 aromatic heterocycles. The third-order valence-electron chi connectivity index (χ3n) is 2.16. The molecule has 1 aliphatic rings. The smallest absolute Gasteiger partial charge is 0.132 e. The van der Waals surface area contributed by atoms with Gasteiger partial charge in [0.2, 0.25) is 0 Å². The maximum atomic E-state index is 13.3. The Balaban J connectivity index is 2.77. The summed E-state index contributed by atoms with van der Waals surface area (Å²) in [4.78, 5) is 0. The molecule has 2 nitrogen and oxygen atoms in total. The van der Waals surface area contributed by atoms with Crippen LogP contribution in [0.5, 0.6) is 0 Å². The molecular formula is C10H10FNOS. The lowest BCUT2D eigenvalue weighted by molar-refractivity contribution is 0.625. The molecule has 0 amide bonds. The van der Waals surface area contributed by atoms with E-state index < -0.39 is 9.73 Å². The normalized spacial score (nSPS) is 24.1. The molecule has 0 aliphatic carbocycles. The highest BCUT2D eigenvalue weighted by molar-refractivity contribution is 7.92. The first-order valence-corrected chi connectivity index (χ1v) is 6.26. The van der Waals surface area contributed by atoms with Crippen LogP contribution in [0.3, 0.4) is 0 Å². The second-order valence-corrected chi connectivity index (χ2v) is 5.76. The summed E-state index contributed by atoms with van der Waals surface area (Å²) in [5.41, 5.74) is 1.70. The maximum Gasteiger partial charge on any atom is 0.132 e. The van der Waals surface area contributed by atoms with Crippen LogP contribution >= 0.6 is 0 Å². The zero-order valence-electron chi connectivity index (χ0n) is 7.79. The first-order valence-electron chi connectivity index (χ1n) is 4.17. The summed E-state index contributed by atoms with van der Waals surface area (Å²) in [5.74, 6) is 0.0447. The van der Waals surface area contributed by atoms with Crippen molar-refractivity contribution in [1.29, 1.82) is 0 Å². The van der Waals surface area contributed by atoms with Gasteiger partial charge in [-0.25, -0.2) is 8.60 Å². The summed E-state index contributed by atoms with van der Waals surface area (Å²) in [6.45, 7) is 3.52. The highest BCUT2D eigenvalue weighted by atomic mass is 32.2. The summed E-state index contributed by atoms with van der Waals surface area (Å²) in [6.07, 6.45) is 3.00. The molecule has 0 saturated carbocycles. The van der Waals surface area contributed by atoms with Crippen molar-refractivity contribution in [1.82, 2.24) is 0 Å². The minimum atomic E-state index is -2.19. The van der Waals surface area contributed by atoms with Crippen LogP contribution in [0.4, 0.5) is 10.1 Å². The minimum absolute atomic E-state index is 0.356. The van der Waals surface area contributed by atoms with Crippen LogP contribution in [-0.2, 0) is 15.5 Å². The Morgan fingerprint density at radius 1 is 1.64 bits per heavy atom. The van der Waals surface area contributed by atoms with Crippen molar-refractivity contribution in [2.75, 3.05) is 6.26 Å². The van der Waals surface area contributed by atoms with Crippen LogP contribution in [0, 0.1) is 5.82 Å². The molecular weight excluding hydrogens is 201 g/mol. The Hall–Kier alpha value is -1.16. The highest BCUT2D eigenvalue weighted by Crippen LogP contribution is 2.35. The first kappa shape index (κ1) is 9.40. The monoisotopic (exact) mass is 211 g/mol. The van der Waals surface area contributed by atoms with Crippen molar-refractivity contribution in [2.24, 2.45) is 4.36 Å². The fourth-order valence-corrected chi connectivity index (χ4v) is 3.04. The SMILES string of the molecule is C=Cc1c(F)ccc2c1N=S(C)(=O)C2. The van der Waals surface area contributed by atoms with Crippen molar-refractivity contribution in [3.05, 3.63) is 35.7 Å². The molecule has 1 aromatic carbocycles. The lowest BCUT2D eigenvalue weighted by Gasteiger charge is -2.01. The van der Waals surface area contributed by atoms with Gasteiger partial charge in [0, 0.05) is 11.8 Å². The molecule has 0 radical (unpaired) electrons. The van der Waals surface area contributed by atoms with Crippen LogP contribution in [0.15, 0.2) is 23.1 Å². The predicted molar refractivity (Wildman–Crippen MR) is 56.3 cm³/mol. The molecule has 0 N–H and O–H groups in total. The number of hydrogen-bond acceptors (Lipinski definition) is 2. The van der Waals surface area contributed by atoms with E-state index in [9.17, 15) is 8.60 Å². The number of benzene rings is 1. The van der Waals surface area contributed by atoms with E-state index in [-0.39, 0.29) is 5.82 Å². The van der Waals surface area contributed by atoms with Crippen LogP contribution in [0.2, 0.25) is 0 Å². The van der Waals surface area contributed by atoms with E-state index in [0.29, 0.717) is 17.0 Å². The van der Waals surface area contributed by atoms with Crippen LogP contribution in [0.1, 0.15) is 11.1 Å². The van der Waals surface area contributed by atoms with Crippen molar-refractivity contribution in [2.45, 2.75) is 5.75 Å². The fourth-order valence-electron chi connectivity index (χ4n) is 1.56. The van der Waals surface area contributed by atoms with Gasteiger partial charge in [-0.15, -0.1) is 0 Å². The zero-order valence-corrected chi connectivity index (χ0v) is 8.60. The summed E-state index contributed by atoms with van der Waals surface area (Å²) >= 11 is 0. The molecule has 1 unspecified atom stereocenters. The number of rotatable bonds is 1. The van der Waals surface area contributed by atoms with E-state index in [1.165, 1.54) is 12.1 Å². The first-order chi connectivity index (χ1) is 6.53. The summed E-state index contributed by atoms with van der Waals surface area (Å²) in [6, 6.07) is 3.00. The molecule has 2 rings (SSSR count). The van der Waals surface area contributed by atoms with Gasteiger partial charge in [0.25, 0.3) is 0 Å². The molecule has 1 atom stereocenters. The number of halogens is 1. The molecule has 1 aromatic rings. The van der Waals surface area contributed by atoms with Crippen LogP contribution in [0.25, 0.3) is 6.08 Å². The molecule has 4 heteroatoms. The Labute approximate surface area is 82.6 Å². The summed E-state index contributed by atoms with van der Waals surface area (Å²) in [5, 5.41) is 0. The largest absolute Gasteiger partial charge is 0.249 e. The number of hydrogen-bond donors (Lipinski definition) is 0. The lowest BCUT2D eigenvalue weighted by Crippen LogP contribution is -1.93. The van der Waals surface area contributed by atoms with Gasteiger partial charge in [-0.1, -0.05) is 18.7 Å². The Morgan fingerprint density at radius 2 is 2.36 bits per heavy atom. The molecule has 0 spiro atoms. The quantitative estimate of drug-likeness (QED) is 0.702. The second kappa shape index (κ2) is 2.92. The second-order valence-electron chi connectivity index (χ2n) is 3.37. The minimum Gasteiger partial charge on any atom is -0.249 e. The highest BCUT2D eigenvalue weighted by Gasteiger charge is 2.20. The molecule has 0 fully saturated rings. The average molecular weight is 211 g/mol. The van der Waals surface area contributed by atoms with E-state index in [0.717, 1.165) is 5.56 Å². The van der Waals surface area contributed by atoms with Crippen molar-refractivity contribution in [3.63, 3.8) is 0 Å². The molecule has 0 saturated heterocycles. The van der Waals surface area contributed by atoms with Gasteiger partial charge in [0.1, 0.15) is 5.82 Å². The Kier molecular flexibility index (Phi) is 1.96. The number of fused-ring (bicyclic) bond motifs is 1. The van der Waals surface area contributed by atoms with Crippen molar-refractivity contribution in [3.8, 4) is 0 Å². The maximum absolute atomic E-state index is 13.3. The van der Waals surface area contributed by atoms with Crippen LogP contribution < -0.4 is 0 Å². The van der Waals surface area contributed by atoms with Gasteiger partial charge >= 0.3 is 0 Å². The van der Waals surface area contributed by atoms with Gasteiger partial charge in [-0.3, -0.25) is 0 Å². The molecule has 1 aliphatic heterocycles. The van der Waals surface area contributed by atoms with E-state index >= 15 is 0 Å². The summed E-state index contributed by atoms with van der Waals surface area (Å²) in [7, 11) is -2.19. The van der Waals surface area contributed by atoms with Gasteiger partial charge in [-0.05, 0) is 11.6 Å². The third kappa shape index (κ3) is 1.35. The van der Waals surface area contributed by atoms with Crippen molar-refractivity contribution >= 4 is 21.5 Å². The van der Waals surface area contributed by atoms with E-state index in [1.54, 1.807) is 12.3 Å². The van der Waals surface area contributed by atoms with E-state index in [1.807, 2.05) is 0 Å². The zero-order chi connectivity index (χ0) is 10.3. The molecule has 14 heavy (non-hydrogen) atoms. The topological polar surface area (TPSA) is 29.4 Å². The van der Waals surface area contributed by atoms with Crippen LogP contribution in [-0.4, -0.2) is 10.5 Å². The molecule has 74 valence electrons. The lowest BCUT2D eigenvalue weighted by atomic mass is 10.1. The third-order valence-corrected chi connectivity index (χ3v) is 3.57. The fraction of sp³-hybridized carbons (Fsp3) is 0.200. The number of nitrogens with zero attached hydrogens (tertiary/aromatic N) is 1. The molecule has 0 bridgehead atoms. The predicted octanol–water partition coefficient (Wildman–Crippen LogP) is 2.71. The molecule has 1 heterocycles. The Bertz CT molecular complexity index is 527.